The molecule has 0 N–H and O–H groups in total. The van der Waals surface area contributed by atoms with Crippen molar-refractivity contribution in [3.8, 4) is 0 Å². The molecule has 0 aromatic heterocycles. The van der Waals surface area contributed by atoms with Crippen LogP contribution in [0.1, 0.15) is 32.6 Å². The molecule has 2 aromatic rings. The van der Waals surface area contributed by atoms with Crippen molar-refractivity contribution < 1.29 is 13.2 Å². The number of hydrogen-bond donors (Lipinski definition) is 0. The molecular weight excluding hydrogens is 322 g/mol. The molecular formula is C19H23NO3S. The van der Waals surface area contributed by atoms with Crippen LogP contribution in [0.5, 0.6) is 0 Å². The quantitative estimate of drug-likeness (QED) is 0.857. The van der Waals surface area contributed by atoms with Crippen molar-refractivity contribution in [2.45, 2.75) is 42.8 Å². The van der Waals surface area contributed by atoms with E-state index in [0.29, 0.717) is 13.1 Å². The van der Waals surface area contributed by atoms with Crippen LogP contribution in [0, 0.1) is 0 Å². The van der Waals surface area contributed by atoms with Crippen molar-refractivity contribution in [3.05, 3.63) is 42.5 Å². The number of carbonyl (C=O) groups excluding carboxylic acids is 1. The van der Waals surface area contributed by atoms with E-state index in [-0.39, 0.29) is 10.8 Å². The van der Waals surface area contributed by atoms with Crippen molar-refractivity contribution >= 4 is 26.5 Å². The lowest BCUT2D eigenvalue weighted by Gasteiger charge is -2.24. The van der Waals surface area contributed by atoms with Crippen molar-refractivity contribution in [1.82, 2.24) is 4.90 Å². The minimum Gasteiger partial charge on any atom is -0.342 e. The first-order valence-electron chi connectivity index (χ1n) is 8.51. The molecule has 1 saturated heterocycles. The van der Waals surface area contributed by atoms with Crippen molar-refractivity contribution in [2.24, 2.45) is 0 Å². The molecule has 24 heavy (non-hydrogen) atoms. The van der Waals surface area contributed by atoms with Crippen LogP contribution in [-0.4, -0.2) is 37.6 Å². The van der Waals surface area contributed by atoms with Gasteiger partial charge in [-0.15, -0.1) is 0 Å². The predicted molar refractivity (Wildman–Crippen MR) is 95.6 cm³/mol. The van der Waals surface area contributed by atoms with Crippen LogP contribution < -0.4 is 0 Å². The van der Waals surface area contributed by atoms with Crippen LogP contribution >= 0.6 is 0 Å². The zero-order valence-electron chi connectivity index (χ0n) is 13.9. The molecule has 0 unspecified atom stereocenters. The van der Waals surface area contributed by atoms with Gasteiger partial charge >= 0.3 is 0 Å². The first kappa shape index (κ1) is 17.0. The average Bonchev–Trinajstić information content (AvgIpc) is 2.89. The Hall–Kier alpha value is -1.88. The third-order valence-corrected chi connectivity index (χ3v) is 6.82. The Morgan fingerprint density at radius 1 is 0.958 bits per heavy atom. The Morgan fingerprint density at radius 3 is 2.25 bits per heavy atom. The lowest BCUT2D eigenvalue weighted by atomic mass is 10.1. The highest BCUT2D eigenvalue weighted by Crippen LogP contribution is 2.23. The Kier molecular flexibility index (Phi) is 4.90. The van der Waals surface area contributed by atoms with Gasteiger partial charge in [-0.3, -0.25) is 4.79 Å². The minimum atomic E-state index is -3.68. The first-order chi connectivity index (χ1) is 11.5. The van der Waals surface area contributed by atoms with Crippen LogP contribution in [0.15, 0.2) is 47.4 Å². The van der Waals surface area contributed by atoms with Gasteiger partial charge in [0, 0.05) is 13.1 Å². The number of nitrogens with zero attached hydrogens (tertiary/aromatic N) is 1. The summed E-state index contributed by atoms with van der Waals surface area (Å²) in [5.41, 5.74) is 0. The Labute approximate surface area is 143 Å². The molecule has 1 amide bonds. The van der Waals surface area contributed by atoms with E-state index in [4.69, 9.17) is 0 Å². The molecule has 0 bridgehead atoms. The molecule has 5 heteroatoms. The second kappa shape index (κ2) is 6.93. The van der Waals surface area contributed by atoms with Crippen LogP contribution in [-0.2, 0) is 14.6 Å². The molecule has 1 heterocycles. The fourth-order valence-electron chi connectivity index (χ4n) is 3.23. The number of carbonyl (C=O) groups is 1. The zero-order chi connectivity index (χ0) is 17.2. The van der Waals surface area contributed by atoms with Gasteiger partial charge in [-0.05, 0) is 42.7 Å². The topological polar surface area (TPSA) is 54.5 Å². The van der Waals surface area contributed by atoms with Crippen LogP contribution in [0.4, 0.5) is 0 Å². The minimum absolute atomic E-state index is 0.219. The summed E-state index contributed by atoms with van der Waals surface area (Å²) in [7, 11) is -3.68. The first-order valence-corrected chi connectivity index (χ1v) is 10.1. The van der Waals surface area contributed by atoms with Gasteiger partial charge in [0.2, 0.25) is 5.91 Å². The summed E-state index contributed by atoms with van der Waals surface area (Å²) in [6, 6.07) is 12.7. The Bertz CT molecular complexity index is 837. The van der Waals surface area contributed by atoms with Gasteiger partial charge in [-0.1, -0.05) is 43.2 Å². The van der Waals surface area contributed by atoms with E-state index in [1.165, 1.54) is 6.92 Å². The highest BCUT2D eigenvalue weighted by molar-refractivity contribution is 7.92. The molecule has 3 rings (SSSR count). The molecule has 2 aromatic carbocycles. The molecule has 4 nitrogen and oxygen atoms in total. The summed E-state index contributed by atoms with van der Waals surface area (Å²) < 4.78 is 25.8. The summed E-state index contributed by atoms with van der Waals surface area (Å²) >= 11 is 0. The third-order valence-electron chi connectivity index (χ3n) is 4.78. The monoisotopic (exact) mass is 345 g/mol. The second-order valence-electron chi connectivity index (χ2n) is 6.44. The molecule has 1 aliphatic rings. The van der Waals surface area contributed by atoms with Crippen molar-refractivity contribution in [1.29, 1.82) is 0 Å². The third kappa shape index (κ3) is 3.31. The van der Waals surface area contributed by atoms with Crippen LogP contribution in [0.25, 0.3) is 10.8 Å². The van der Waals surface area contributed by atoms with Crippen molar-refractivity contribution in [2.75, 3.05) is 13.1 Å². The molecule has 128 valence electrons. The molecule has 0 saturated carbocycles. The summed E-state index contributed by atoms with van der Waals surface area (Å²) in [6.45, 7) is 2.84. The van der Waals surface area contributed by atoms with E-state index in [2.05, 4.69) is 0 Å². The van der Waals surface area contributed by atoms with E-state index >= 15 is 0 Å². The molecule has 1 atom stereocenters. The van der Waals surface area contributed by atoms with Crippen molar-refractivity contribution in [3.63, 3.8) is 0 Å². The van der Waals surface area contributed by atoms with E-state index in [1.54, 1.807) is 23.1 Å². The summed E-state index contributed by atoms with van der Waals surface area (Å²) in [5.74, 6) is -0.273. The van der Waals surface area contributed by atoms with Gasteiger partial charge in [-0.25, -0.2) is 8.42 Å². The van der Waals surface area contributed by atoms with Gasteiger partial charge in [-0.2, -0.15) is 0 Å². The normalized spacial score (nSPS) is 17.5. The summed E-state index contributed by atoms with van der Waals surface area (Å²) in [5, 5.41) is 0.813. The maximum absolute atomic E-state index is 12.9. The van der Waals surface area contributed by atoms with E-state index < -0.39 is 15.1 Å². The van der Waals surface area contributed by atoms with Gasteiger partial charge in [0.15, 0.2) is 9.84 Å². The Morgan fingerprint density at radius 2 is 1.58 bits per heavy atom. The lowest BCUT2D eigenvalue weighted by Crippen LogP contribution is -2.42. The molecule has 0 aliphatic carbocycles. The highest BCUT2D eigenvalue weighted by Gasteiger charge is 2.33. The number of fused-ring (bicyclic) bond motifs is 1. The van der Waals surface area contributed by atoms with Gasteiger partial charge in [0.25, 0.3) is 0 Å². The number of amides is 1. The number of likely N-dealkylation sites (tertiary alicyclic amines) is 1. The SMILES string of the molecule is C[C@@H](C(=O)N1CCCCCC1)S(=O)(=O)c1ccc2ccccc2c1. The molecule has 0 radical (unpaired) electrons. The van der Waals surface area contributed by atoms with E-state index in [0.717, 1.165) is 36.5 Å². The molecule has 1 aliphatic heterocycles. The van der Waals surface area contributed by atoms with Crippen LogP contribution in [0.3, 0.4) is 0 Å². The second-order valence-corrected chi connectivity index (χ2v) is 8.70. The smallest absolute Gasteiger partial charge is 0.241 e. The van der Waals surface area contributed by atoms with Gasteiger partial charge < -0.3 is 4.90 Å². The molecule has 1 fully saturated rings. The fraction of sp³-hybridized carbons (Fsp3) is 0.421. The zero-order valence-corrected chi connectivity index (χ0v) is 14.8. The Balaban J connectivity index is 1.88. The predicted octanol–water partition coefficient (Wildman–Crippen LogP) is 3.40. The number of benzene rings is 2. The summed E-state index contributed by atoms with van der Waals surface area (Å²) in [6.07, 6.45) is 4.12. The van der Waals surface area contributed by atoms with E-state index in [9.17, 15) is 13.2 Å². The van der Waals surface area contributed by atoms with Gasteiger partial charge in [0.1, 0.15) is 5.25 Å². The van der Waals surface area contributed by atoms with Crippen LogP contribution in [0.2, 0.25) is 0 Å². The highest BCUT2D eigenvalue weighted by atomic mass is 32.2. The number of hydrogen-bond acceptors (Lipinski definition) is 3. The number of sulfone groups is 1. The standard InChI is InChI=1S/C19H23NO3S/c1-15(19(21)20-12-6-2-3-7-13-20)24(22,23)18-11-10-16-8-4-5-9-17(16)14-18/h4-5,8-11,14-15H,2-3,6-7,12-13H2,1H3/t15-/m0/s1. The maximum Gasteiger partial charge on any atom is 0.241 e. The summed E-state index contributed by atoms with van der Waals surface area (Å²) in [4.78, 5) is 14.6. The average molecular weight is 345 g/mol. The van der Waals surface area contributed by atoms with E-state index in [1.807, 2.05) is 24.3 Å². The largest absolute Gasteiger partial charge is 0.342 e. The lowest BCUT2D eigenvalue weighted by molar-refractivity contribution is -0.130. The fourth-order valence-corrected chi connectivity index (χ4v) is 4.60. The maximum atomic E-state index is 12.9. The van der Waals surface area contributed by atoms with Gasteiger partial charge in [0.05, 0.1) is 4.90 Å². The number of rotatable bonds is 3. The molecule has 0 spiro atoms.